The maximum atomic E-state index is 14.3. The van der Waals surface area contributed by atoms with Crippen LogP contribution in [0.1, 0.15) is 11.1 Å². The van der Waals surface area contributed by atoms with Gasteiger partial charge in [-0.2, -0.15) is 0 Å². The highest BCUT2D eigenvalue weighted by Crippen LogP contribution is 2.36. The molecule has 2 aromatic carbocycles. The van der Waals surface area contributed by atoms with Gasteiger partial charge in [-0.3, -0.25) is 0 Å². The predicted octanol–water partition coefficient (Wildman–Crippen LogP) is 5.31. The number of allylic oxidation sites excluding steroid dienone is 4. The van der Waals surface area contributed by atoms with Crippen molar-refractivity contribution in [2.75, 3.05) is 0 Å². The number of benzene rings is 2. The highest BCUT2D eigenvalue weighted by Gasteiger charge is 2.26. The Morgan fingerprint density at radius 2 is 1.35 bits per heavy atom. The molecule has 2 unspecified atom stereocenters. The third kappa shape index (κ3) is 2.70. The minimum absolute atomic E-state index is 0.137. The zero-order valence-corrected chi connectivity index (χ0v) is 13.0. The zero-order chi connectivity index (χ0) is 13.9. The summed E-state index contributed by atoms with van der Waals surface area (Å²) in [5.74, 6) is 0. The van der Waals surface area contributed by atoms with Crippen molar-refractivity contribution < 1.29 is 4.39 Å². The van der Waals surface area contributed by atoms with Crippen molar-refractivity contribution >= 4 is 33.7 Å². The molecule has 0 nitrogen and oxygen atoms in total. The summed E-state index contributed by atoms with van der Waals surface area (Å²) < 4.78 is 14.2. The highest BCUT2D eigenvalue weighted by molar-refractivity contribution is 14.1. The van der Waals surface area contributed by atoms with Gasteiger partial charge < -0.3 is 0 Å². The second kappa shape index (κ2) is 5.92. The number of alkyl halides is 2. The van der Waals surface area contributed by atoms with Crippen LogP contribution in [-0.2, 0) is 0 Å². The number of halogens is 2. The topological polar surface area (TPSA) is 0 Å². The molecule has 0 aliphatic heterocycles. The van der Waals surface area contributed by atoms with E-state index in [0.29, 0.717) is 0 Å². The summed E-state index contributed by atoms with van der Waals surface area (Å²) in [6.45, 7) is 0. The first-order valence-corrected chi connectivity index (χ1v) is 7.82. The molecule has 0 radical (unpaired) electrons. The largest absolute Gasteiger partial charge is 0.241 e. The van der Waals surface area contributed by atoms with Gasteiger partial charge >= 0.3 is 0 Å². The average molecular weight is 376 g/mol. The number of rotatable bonds is 2. The maximum absolute atomic E-state index is 14.3. The minimum Gasteiger partial charge on any atom is -0.241 e. The van der Waals surface area contributed by atoms with Crippen LogP contribution in [0, 0.1) is 0 Å². The Labute approximate surface area is 132 Å². The van der Waals surface area contributed by atoms with Crippen molar-refractivity contribution in [2.24, 2.45) is 0 Å². The molecule has 0 bridgehead atoms. The normalized spacial score (nSPS) is 22.1. The van der Waals surface area contributed by atoms with E-state index < -0.39 is 6.17 Å². The molecule has 0 saturated carbocycles. The van der Waals surface area contributed by atoms with Gasteiger partial charge in [0.15, 0.2) is 0 Å². The first kappa shape index (κ1) is 13.6. The Morgan fingerprint density at radius 1 is 0.800 bits per heavy atom. The number of hydrogen-bond acceptors (Lipinski definition) is 0. The fourth-order valence-corrected chi connectivity index (χ4v) is 3.15. The van der Waals surface area contributed by atoms with E-state index in [4.69, 9.17) is 0 Å². The third-order valence-electron chi connectivity index (χ3n) is 3.44. The van der Waals surface area contributed by atoms with E-state index in [9.17, 15) is 4.39 Å². The van der Waals surface area contributed by atoms with Crippen LogP contribution in [0.5, 0.6) is 0 Å². The SMILES string of the molecule is FC1C=C(c2ccccc2)C=C(c2ccccc2)C1I. The van der Waals surface area contributed by atoms with Gasteiger partial charge in [0.25, 0.3) is 0 Å². The maximum Gasteiger partial charge on any atom is 0.135 e. The molecule has 0 saturated heterocycles. The molecule has 3 rings (SSSR count). The van der Waals surface area contributed by atoms with Crippen LogP contribution in [0.4, 0.5) is 4.39 Å². The molecular formula is C18H14FI. The third-order valence-corrected chi connectivity index (χ3v) is 4.80. The minimum atomic E-state index is -0.953. The van der Waals surface area contributed by atoms with E-state index in [1.54, 1.807) is 6.08 Å². The van der Waals surface area contributed by atoms with Crippen LogP contribution in [0.25, 0.3) is 11.1 Å². The zero-order valence-electron chi connectivity index (χ0n) is 10.8. The molecule has 0 amide bonds. The van der Waals surface area contributed by atoms with Gasteiger partial charge in [-0.25, -0.2) is 4.39 Å². The fourth-order valence-electron chi connectivity index (χ4n) is 2.41. The molecule has 2 atom stereocenters. The van der Waals surface area contributed by atoms with Crippen LogP contribution >= 0.6 is 22.6 Å². The molecule has 0 N–H and O–H groups in total. The summed E-state index contributed by atoms with van der Waals surface area (Å²) in [6.07, 6.45) is 2.88. The molecule has 1 aliphatic carbocycles. The van der Waals surface area contributed by atoms with Crippen molar-refractivity contribution in [3.63, 3.8) is 0 Å². The quantitative estimate of drug-likeness (QED) is 0.492. The van der Waals surface area contributed by atoms with Gasteiger partial charge in [0.1, 0.15) is 6.17 Å². The summed E-state index contributed by atoms with van der Waals surface area (Å²) in [4.78, 5) is 0. The Balaban J connectivity index is 2.05. The molecule has 0 heterocycles. The first-order valence-electron chi connectivity index (χ1n) is 6.58. The molecule has 20 heavy (non-hydrogen) atoms. The lowest BCUT2D eigenvalue weighted by molar-refractivity contribution is 0.419. The van der Waals surface area contributed by atoms with Gasteiger partial charge in [0.2, 0.25) is 0 Å². The van der Waals surface area contributed by atoms with Crippen LogP contribution in [-0.4, -0.2) is 10.1 Å². The van der Waals surface area contributed by atoms with E-state index in [-0.39, 0.29) is 3.92 Å². The average Bonchev–Trinajstić information content (AvgIpc) is 2.51. The lowest BCUT2D eigenvalue weighted by atomic mass is 9.90. The lowest BCUT2D eigenvalue weighted by Gasteiger charge is -2.23. The highest BCUT2D eigenvalue weighted by atomic mass is 127. The van der Waals surface area contributed by atoms with Crippen molar-refractivity contribution in [1.29, 1.82) is 0 Å². The second-order valence-electron chi connectivity index (χ2n) is 4.80. The van der Waals surface area contributed by atoms with Crippen molar-refractivity contribution in [3.8, 4) is 0 Å². The van der Waals surface area contributed by atoms with Crippen molar-refractivity contribution in [3.05, 3.63) is 83.9 Å². The van der Waals surface area contributed by atoms with Gasteiger partial charge in [-0.05, 0) is 34.4 Å². The number of hydrogen-bond donors (Lipinski definition) is 0. The Morgan fingerprint density at radius 3 is 1.95 bits per heavy atom. The van der Waals surface area contributed by atoms with Gasteiger partial charge in [-0.1, -0.05) is 83.3 Å². The summed E-state index contributed by atoms with van der Waals surface area (Å²) in [6, 6.07) is 20.0. The fraction of sp³-hybridized carbons (Fsp3) is 0.111. The smallest absolute Gasteiger partial charge is 0.135 e. The summed E-state index contributed by atoms with van der Waals surface area (Å²) >= 11 is 2.19. The van der Waals surface area contributed by atoms with Crippen molar-refractivity contribution in [2.45, 2.75) is 10.1 Å². The van der Waals surface area contributed by atoms with E-state index in [0.717, 1.165) is 22.3 Å². The second-order valence-corrected chi connectivity index (χ2v) is 6.14. The monoisotopic (exact) mass is 376 g/mol. The lowest BCUT2D eigenvalue weighted by Crippen LogP contribution is -2.18. The van der Waals surface area contributed by atoms with E-state index >= 15 is 0 Å². The molecule has 2 aromatic rings. The molecule has 2 heteroatoms. The molecule has 0 fully saturated rings. The van der Waals surface area contributed by atoms with E-state index in [2.05, 4.69) is 28.7 Å². The molecule has 100 valence electrons. The van der Waals surface area contributed by atoms with Crippen LogP contribution < -0.4 is 0 Å². The molecule has 0 aromatic heterocycles. The van der Waals surface area contributed by atoms with Crippen molar-refractivity contribution in [1.82, 2.24) is 0 Å². The van der Waals surface area contributed by atoms with Gasteiger partial charge in [-0.15, -0.1) is 0 Å². The van der Waals surface area contributed by atoms with E-state index in [1.165, 1.54) is 0 Å². The molecule has 0 spiro atoms. The van der Waals surface area contributed by atoms with Gasteiger partial charge in [0.05, 0.1) is 3.92 Å². The molecular weight excluding hydrogens is 362 g/mol. The predicted molar refractivity (Wildman–Crippen MR) is 91.5 cm³/mol. The van der Waals surface area contributed by atoms with Gasteiger partial charge in [0, 0.05) is 0 Å². The van der Waals surface area contributed by atoms with Crippen LogP contribution in [0.15, 0.2) is 72.8 Å². The Kier molecular flexibility index (Phi) is 4.01. The summed E-state index contributed by atoms with van der Waals surface area (Å²) in [5.41, 5.74) is 4.17. The summed E-state index contributed by atoms with van der Waals surface area (Å²) in [5, 5.41) is 0. The Hall–Kier alpha value is -1.42. The first-order chi connectivity index (χ1) is 9.75. The standard InChI is InChI=1S/C18H14FI/c19-17-12-15(13-7-3-1-4-8-13)11-16(18(17)20)14-9-5-2-6-10-14/h1-12,17-18H. The van der Waals surface area contributed by atoms with Crippen LogP contribution in [0.2, 0.25) is 0 Å². The molecule has 1 aliphatic rings. The Bertz CT molecular complexity index is 644. The summed E-state index contributed by atoms with van der Waals surface area (Å²) in [7, 11) is 0. The van der Waals surface area contributed by atoms with E-state index in [1.807, 2.05) is 60.7 Å². The van der Waals surface area contributed by atoms with Crippen LogP contribution in [0.3, 0.4) is 0 Å².